The summed E-state index contributed by atoms with van der Waals surface area (Å²) in [5, 5.41) is 6.97. The maximum atomic E-state index is 5.96. The van der Waals surface area contributed by atoms with Gasteiger partial charge in [-0.15, -0.1) is 0 Å². The summed E-state index contributed by atoms with van der Waals surface area (Å²) < 4.78 is 0. The van der Waals surface area contributed by atoms with Crippen molar-refractivity contribution in [2.75, 3.05) is 48.0 Å². The second-order valence-electron chi connectivity index (χ2n) is 7.65. The fourth-order valence-electron chi connectivity index (χ4n) is 3.71. The van der Waals surface area contributed by atoms with Gasteiger partial charge < -0.3 is 9.80 Å². The Kier molecular flexibility index (Phi) is 6.44. The van der Waals surface area contributed by atoms with Crippen molar-refractivity contribution in [2.24, 2.45) is 5.10 Å². The van der Waals surface area contributed by atoms with E-state index in [0.29, 0.717) is 11.0 Å². The molecule has 29 heavy (non-hydrogen) atoms. The minimum atomic E-state index is 0.575. The van der Waals surface area contributed by atoms with E-state index in [-0.39, 0.29) is 0 Å². The Hall–Kier alpha value is -2.41. The highest BCUT2D eigenvalue weighted by atomic mass is 35.5. The van der Waals surface area contributed by atoms with Crippen LogP contribution in [0.1, 0.15) is 44.1 Å². The molecule has 4 rings (SSSR count). The summed E-state index contributed by atoms with van der Waals surface area (Å²) in [6, 6.07) is 7.58. The number of piperidine rings is 2. The first kappa shape index (κ1) is 19.9. The number of aromatic nitrogens is 3. The van der Waals surface area contributed by atoms with Gasteiger partial charge in [0.05, 0.1) is 6.21 Å². The summed E-state index contributed by atoms with van der Waals surface area (Å²) in [4.78, 5) is 18.9. The summed E-state index contributed by atoms with van der Waals surface area (Å²) in [6.45, 7) is 4.00. The highest BCUT2D eigenvalue weighted by Gasteiger charge is 2.21. The zero-order valence-corrected chi connectivity index (χ0v) is 17.7. The van der Waals surface area contributed by atoms with Crippen molar-refractivity contribution >= 4 is 35.7 Å². The van der Waals surface area contributed by atoms with E-state index < -0.39 is 0 Å². The molecule has 0 spiro atoms. The predicted octanol–water partition coefficient (Wildman–Crippen LogP) is 3.98. The van der Waals surface area contributed by atoms with Gasteiger partial charge in [-0.1, -0.05) is 23.7 Å². The number of hydrogen-bond donors (Lipinski definition) is 0. The molecule has 2 fully saturated rings. The summed E-state index contributed by atoms with van der Waals surface area (Å²) in [7, 11) is 1.88. The number of benzene rings is 1. The molecule has 0 radical (unpaired) electrons. The zero-order chi connectivity index (χ0) is 20.1. The van der Waals surface area contributed by atoms with Crippen LogP contribution in [0.15, 0.2) is 29.4 Å². The second kappa shape index (κ2) is 9.39. The minimum Gasteiger partial charge on any atom is -0.341 e. The zero-order valence-electron chi connectivity index (χ0n) is 17.0. The van der Waals surface area contributed by atoms with Crippen LogP contribution in [0.5, 0.6) is 0 Å². The highest BCUT2D eigenvalue weighted by Crippen LogP contribution is 2.23. The smallest absolute Gasteiger partial charge is 0.252 e. The lowest BCUT2D eigenvalue weighted by molar-refractivity contribution is 0.555. The largest absolute Gasteiger partial charge is 0.341 e. The van der Waals surface area contributed by atoms with E-state index in [0.717, 1.165) is 43.6 Å². The average Bonchev–Trinajstić information content (AvgIpc) is 2.79. The number of halogens is 1. The van der Waals surface area contributed by atoms with E-state index in [1.165, 1.54) is 38.5 Å². The van der Waals surface area contributed by atoms with Gasteiger partial charge in [-0.3, -0.25) is 0 Å². The van der Waals surface area contributed by atoms with Crippen molar-refractivity contribution in [3.8, 4) is 0 Å². The lowest BCUT2D eigenvalue weighted by Gasteiger charge is -2.30. The molecule has 0 amide bonds. The van der Waals surface area contributed by atoms with Gasteiger partial charge in [-0.25, -0.2) is 5.01 Å². The van der Waals surface area contributed by atoms with E-state index in [4.69, 9.17) is 26.6 Å². The van der Waals surface area contributed by atoms with Crippen LogP contribution in [0.2, 0.25) is 5.02 Å². The Morgan fingerprint density at radius 1 is 0.828 bits per heavy atom. The van der Waals surface area contributed by atoms with Gasteiger partial charge in [0.2, 0.25) is 11.9 Å². The summed E-state index contributed by atoms with van der Waals surface area (Å²) in [6.07, 6.45) is 9.09. The maximum Gasteiger partial charge on any atom is 0.252 e. The molecule has 154 valence electrons. The van der Waals surface area contributed by atoms with Crippen LogP contribution < -0.4 is 14.8 Å². The number of nitrogens with zero attached hydrogens (tertiary/aromatic N) is 7. The molecule has 8 heteroatoms. The van der Waals surface area contributed by atoms with Crippen LogP contribution in [-0.4, -0.2) is 54.4 Å². The summed E-state index contributed by atoms with van der Waals surface area (Å²) >= 11 is 5.96. The first-order valence-corrected chi connectivity index (χ1v) is 10.9. The predicted molar refractivity (Wildman–Crippen MR) is 119 cm³/mol. The molecule has 1 aromatic carbocycles. The third-order valence-electron chi connectivity index (χ3n) is 5.42. The molecule has 0 saturated carbocycles. The van der Waals surface area contributed by atoms with Crippen LogP contribution >= 0.6 is 11.6 Å². The number of hydrogen-bond acceptors (Lipinski definition) is 7. The van der Waals surface area contributed by atoms with Gasteiger partial charge in [-0.2, -0.15) is 20.1 Å². The van der Waals surface area contributed by atoms with E-state index in [1.54, 1.807) is 11.2 Å². The Balaban J connectivity index is 1.60. The first-order valence-electron chi connectivity index (χ1n) is 10.5. The fraction of sp³-hybridized carbons (Fsp3) is 0.524. The van der Waals surface area contributed by atoms with Crippen molar-refractivity contribution in [3.63, 3.8) is 0 Å². The molecule has 0 unspecified atom stereocenters. The lowest BCUT2D eigenvalue weighted by Crippen LogP contribution is -2.35. The van der Waals surface area contributed by atoms with Gasteiger partial charge in [0.25, 0.3) is 5.95 Å². The molecule has 0 aliphatic carbocycles. The average molecular weight is 414 g/mol. The van der Waals surface area contributed by atoms with Crippen molar-refractivity contribution < 1.29 is 0 Å². The maximum absolute atomic E-state index is 5.96. The third kappa shape index (κ3) is 5.15. The van der Waals surface area contributed by atoms with Gasteiger partial charge in [0, 0.05) is 38.2 Å². The number of hydrazone groups is 1. The van der Waals surface area contributed by atoms with Crippen LogP contribution in [-0.2, 0) is 0 Å². The summed E-state index contributed by atoms with van der Waals surface area (Å²) in [5.74, 6) is 2.11. The Morgan fingerprint density at radius 3 is 1.86 bits per heavy atom. The molecule has 0 atom stereocenters. The Morgan fingerprint density at radius 2 is 1.34 bits per heavy atom. The van der Waals surface area contributed by atoms with E-state index in [9.17, 15) is 0 Å². The molecule has 3 heterocycles. The SMILES string of the molecule is CN(/N=C/c1ccc(Cl)cc1)c1nc(N2CCCCC2)nc(N2CCCCC2)n1. The monoisotopic (exact) mass is 413 g/mol. The van der Waals surface area contributed by atoms with Gasteiger partial charge in [0.15, 0.2) is 0 Å². The highest BCUT2D eigenvalue weighted by molar-refractivity contribution is 6.30. The van der Waals surface area contributed by atoms with Crippen molar-refractivity contribution in [1.29, 1.82) is 0 Å². The van der Waals surface area contributed by atoms with Crippen LogP contribution in [0.4, 0.5) is 17.8 Å². The van der Waals surface area contributed by atoms with Crippen molar-refractivity contribution in [3.05, 3.63) is 34.9 Å². The molecular weight excluding hydrogens is 386 g/mol. The topological polar surface area (TPSA) is 60.8 Å². The molecule has 2 aliphatic rings. The van der Waals surface area contributed by atoms with Gasteiger partial charge in [0.1, 0.15) is 0 Å². The quantitative estimate of drug-likeness (QED) is 0.545. The lowest BCUT2D eigenvalue weighted by atomic mass is 10.1. The molecule has 7 nitrogen and oxygen atoms in total. The molecule has 2 aliphatic heterocycles. The van der Waals surface area contributed by atoms with Gasteiger partial charge in [-0.05, 0) is 56.2 Å². The van der Waals surface area contributed by atoms with E-state index in [2.05, 4.69) is 14.9 Å². The second-order valence-corrected chi connectivity index (χ2v) is 8.09. The third-order valence-corrected chi connectivity index (χ3v) is 5.67. The molecule has 1 aromatic heterocycles. The Bertz CT molecular complexity index is 791. The molecule has 2 aromatic rings. The van der Waals surface area contributed by atoms with Crippen LogP contribution in [0, 0.1) is 0 Å². The minimum absolute atomic E-state index is 0.575. The number of anilines is 3. The standard InChI is InChI=1S/C21H28ClN7/c1-27(23-16-17-8-10-18(22)11-9-17)19-24-20(28-12-4-2-5-13-28)26-21(25-19)29-14-6-3-7-15-29/h8-11,16H,2-7,12-15H2,1H3/b23-16+. The molecular formula is C21H28ClN7. The molecule has 0 bridgehead atoms. The number of rotatable bonds is 5. The van der Waals surface area contributed by atoms with Gasteiger partial charge >= 0.3 is 0 Å². The first-order chi connectivity index (χ1) is 14.2. The van der Waals surface area contributed by atoms with Crippen LogP contribution in [0.25, 0.3) is 0 Å². The summed E-state index contributed by atoms with van der Waals surface area (Å²) in [5.41, 5.74) is 0.975. The van der Waals surface area contributed by atoms with Crippen LogP contribution in [0.3, 0.4) is 0 Å². The fourth-order valence-corrected chi connectivity index (χ4v) is 3.84. The molecule has 0 N–H and O–H groups in total. The Labute approximate surface area is 177 Å². The van der Waals surface area contributed by atoms with E-state index in [1.807, 2.05) is 31.3 Å². The van der Waals surface area contributed by atoms with E-state index >= 15 is 0 Å². The van der Waals surface area contributed by atoms with Crippen molar-refractivity contribution in [1.82, 2.24) is 15.0 Å². The normalized spacial score (nSPS) is 17.7. The molecule has 2 saturated heterocycles. The van der Waals surface area contributed by atoms with Crippen molar-refractivity contribution in [2.45, 2.75) is 38.5 Å².